The molecule has 0 aliphatic carbocycles. The molecule has 0 spiro atoms. The van der Waals surface area contributed by atoms with Crippen molar-refractivity contribution in [2.75, 3.05) is 11.5 Å². The second-order valence-corrected chi connectivity index (χ2v) is 4.36. The lowest BCUT2D eigenvalue weighted by Gasteiger charge is -2.00. The summed E-state index contributed by atoms with van der Waals surface area (Å²) >= 11 is 1.61. The van der Waals surface area contributed by atoms with E-state index in [2.05, 4.69) is 16.8 Å². The van der Waals surface area contributed by atoms with Gasteiger partial charge in [0.1, 0.15) is 0 Å². The smallest absolute Gasteiger partial charge is 0.195 e. The van der Waals surface area contributed by atoms with Gasteiger partial charge in [0.25, 0.3) is 0 Å². The van der Waals surface area contributed by atoms with Crippen LogP contribution >= 0.6 is 11.8 Å². The Morgan fingerprint density at radius 2 is 2.33 bits per heavy atom. The molecule has 78 valence electrons. The molecule has 2 aromatic heterocycles. The molecule has 4 nitrogen and oxygen atoms in total. The van der Waals surface area contributed by atoms with Crippen molar-refractivity contribution >= 4 is 23.1 Å². The number of nitrogen functional groups attached to an aromatic ring is 1. The Hall–Kier alpha value is -1.49. The lowest BCUT2D eigenvalue weighted by atomic mass is 10.4. The number of fused-ring (bicyclic) bond motifs is 1. The molecule has 0 radical (unpaired) electrons. The predicted molar refractivity (Wildman–Crippen MR) is 62.9 cm³/mol. The molecule has 2 heterocycles. The van der Waals surface area contributed by atoms with Crippen LogP contribution in [0.5, 0.6) is 0 Å². The molecule has 0 aliphatic heterocycles. The van der Waals surface area contributed by atoms with Gasteiger partial charge in [-0.15, -0.1) is 10.2 Å². The molecule has 2 aromatic rings. The highest BCUT2D eigenvalue weighted by atomic mass is 32.2. The van der Waals surface area contributed by atoms with Crippen molar-refractivity contribution < 1.29 is 0 Å². The van der Waals surface area contributed by atoms with Crippen molar-refractivity contribution in [3.8, 4) is 0 Å². The molecule has 5 heteroatoms. The fourth-order valence-corrected chi connectivity index (χ4v) is 1.93. The van der Waals surface area contributed by atoms with E-state index >= 15 is 0 Å². The van der Waals surface area contributed by atoms with Gasteiger partial charge in [-0.3, -0.25) is 4.40 Å². The molecule has 2 N–H and O–H groups in total. The third kappa shape index (κ3) is 2.12. The minimum Gasteiger partial charge on any atom is -0.398 e. The first-order chi connectivity index (χ1) is 7.16. The molecular weight excluding hydrogens is 208 g/mol. The summed E-state index contributed by atoms with van der Waals surface area (Å²) in [5, 5.41) is 8.98. The minimum atomic E-state index is 0.708. The molecule has 0 atom stereocenters. The molecular formula is C10H12N4S. The van der Waals surface area contributed by atoms with Gasteiger partial charge in [0.15, 0.2) is 10.8 Å². The number of rotatable bonds is 3. The second-order valence-electron chi connectivity index (χ2n) is 3.42. The van der Waals surface area contributed by atoms with E-state index in [0.29, 0.717) is 5.69 Å². The topological polar surface area (TPSA) is 56.2 Å². The minimum absolute atomic E-state index is 0.708. The first-order valence-corrected chi connectivity index (χ1v) is 5.53. The normalized spacial score (nSPS) is 10.7. The second kappa shape index (κ2) is 3.94. The third-order valence-electron chi connectivity index (χ3n) is 1.84. The average molecular weight is 220 g/mol. The van der Waals surface area contributed by atoms with Crippen molar-refractivity contribution in [2.45, 2.75) is 12.1 Å². The molecule has 0 saturated heterocycles. The van der Waals surface area contributed by atoms with Gasteiger partial charge < -0.3 is 5.73 Å². The maximum atomic E-state index is 5.70. The zero-order valence-electron chi connectivity index (χ0n) is 8.47. The maximum absolute atomic E-state index is 5.70. The van der Waals surface area contributed by atoms with E-state index in [-0.39, 0.29) is 0 Å². The van der Waals surface area contributed by atoms with E-state index in [0.717, 1.165) is 22.1 Å². The monoisotopic (exact) mass is 220 g/mol. The third-order valence-corrected chi connectivity index (χ3v) is 3.02. The Bertz CT molecular complexity index is 503. The van der Waals surface area contributed by atoms with E-state index in [1.165, 1.54) is 0 Å². The first-order valence-electron chi connectivity index (χ1n) is 4.54. The molecule has 0 aliphatic rings. The number of aromatic nitrogens is 3. The van der Waals surface area contributed by atoms with Crippen LogP contribution in [0.1, 0.15) is 6.92 Å². The number of hydrogen-bond donors (Lipinski definition) is 1. The van der Waals surface area contributed by atoms with E-state index in [1.54, 1.807) is 11.8 Å². The number of thioether (sulfide) groups is 1. The highest BCUT2D eigenvalue weighted by Gasteiger charge is 2.05. The average Bonchev–Trinajstić information content (AvgIpc) is 2.57. The first kappa shape index (κ1) is 10.0. The van der Waals surface area contributed by atoms with Crippen LogP contribution in [0.2, 0.25) is 0 Å². The molecule has 0 amide bonds. The summed E-state index contributed by atoms with van der Waals surface area (Å²) in [4.78, 5) is 0. The fraction of sp³-hybridized carbons (Fsp3) is 0.200. The van der Waals surface area contributed by atoms with Gasteiger partial charge in [-0.1, -0.05) is 23.9 Å². The molecule has 0 bridgehead atoms. The molecule has 0 fully saturated rings. The lowest BCUT2D eigenvalue weighted by molar-refractivity contribution is 0.923. The van der Waals surface area contributed by atoms with Crippen LogP contribution in [-0.4, -0.2) is 20.4 Å². The largest absolute Gasteiger partial charge is 0.398 e. The van der Waals surface area contributed by atoms with Crippen molar-refractivity contribution in [3.05, 3.63) is 30.5 Å². The van der Waals surface area contributed by atoms with Crippen molar-refractivity contribution in [2.24, 2.45) is 0 Å². The van der Waals surface area contributed by atoms with E-state index in [9.17, 15) is 0 Å². The number of pyridine rings is 1. The summed E-state index contributed by atoms with van der Waals surface area (Å²) < 4.78 is 1.89. The quantitative estimate of drug-likeness (QED) is 0.634. The summed E-state index contributed by atoms with van der Waals surface area (Å²) in [6, 6.07) is 3.67. The molecule has 0 unspecified atom stereocenters. The van der Waals surface area contributed by atoms with Crippen LogP contribution in [0.3, 0.4) is 0 Å². The highest BCUT2D eigenvalue weighted by molar-refractivity contribution is 7.99. The predicted octanol–water partition coefficient (Wildman–Crippen LogP) is 1.98. The molecule has 0 saturated carbocycles. The highest BCUT2D eigenvalue weighted by Crippen LogP contribution is 2.19. The van der Waals surface area contributed by atoms with E-state index < -0.39 is 0 Å². The van der Waals surface area contributed by atoms with Crippen LogP contribution in [0.15, 0.2) is 35.6 Å². The number of hydrogen-bond acceptors (Lipinski definition) is 4. The zero-order valence-corrected chi connectivity index (χ0v) is 9.29. The van der Waals surface area contributed by atoms with Gasteiger partial charge in [0.2, 0.25) is 0 Å². The van der Waals surface area contributed by atoms with Crippen LogP contribution in [0.4, 0.5) is 5.69 Å². The molecule has 0 aromatic carbocycles. The summed E-state index contributed by atoms with van der Waals surface area (Å²) in [5.41, 5.74) is 8.34. The van der Waals surface area contributed by atoms with Crippen LogP contribution < -0.4 is 5.73 Å². The van der Waals surface area contributed by atoms with Gasteiger partial charge >= 0.3 is 0 Å². The number of nitrogens with zero attached hydrogens (tertiary/aromatic N) is 3. The fourth-order valence-electron chi connectivity index (χ4n) is 1.17. The van der Waals surface area contributed by atoms with Crippen molar-refractivity contribution in [3.63, 3.8) is 0 Å². The van der Waals surface area contributed by atoms with Crippen molar-refractivity contribution in [1.82, 2.24) is 14.6 Å². The standard InChI is InChI=1S/C10H12N4S/c1-7(2)6-15-10-13-12-9-4-3-8(11)5-14(9)10/h3-5H,1,6,11H2,2H3. The van der Waals surface area contributed by atoms with Gasteiger partial charge in [0.05, 0.1) is 0 Å². The Morgan fingerprint density at radius 3 is 3.07 bits per heavy atom. The van der Waals surface area contributed by atoms with E-state index in [1.807, 2.05) is 29.7 Å². The Morgan fingerprint density at radius 1 is 1.53 bits per heavy atom. The number of nitrogens with two attached hydrogens (primary N) is 1. The van der Waals surface area contributed by atoms with Gasteiger partial charge in [0, 0.05) is 17.6 Å². The molecule has 15 heavy (non-hydrogen) atoms. The van der Waals surface area contributed by atoms with Gasteiger partial charge in [-0.05, 0) is 19.1 Å². The summed E-state index contributed by atoms with van der Waals surface area (Å²) in [7, 11) is 0. The van der Waals surface area contributed by atoms with Crippen LogP contribution in [0.25, 0.3) is 5.65 Å². The van der Waals surface area contributed by atoms with Crippen molar-refractivity contribution in [1.29, 1.82) is 0 Å². The Kier molecular flexibility index (Phi) is 2.64. The molecule has 2 rings (SSSR count). The Balaban J connectivity index is 2.35. The summed E-state index contributed by atoms with van der Waals surface area (Å²) in [6.07, 6.45) is 1.83. The summed E-state index contributed by atoms with van der Waals surface area (Å²) in [6.45, 7) is 5.84. The van der Waals surface area contributed by atoms with E-state index in [4.69, 9.17) is 5.73 Å². The number of anilines is 1. The lowest BCUT2D eigenvalue weighted by Crippen LogP contribution is -1.92. The van der Waals surface area contributed by atoms with Crippen LogP contribution in [0, 0.1) is 0 Å². The van der Waals surface area contributed by atoms with Crippen LogP contribution in [-0.2, 0) is 0 Å². The summed E-state index contributed by atoms with van der Waals surface area (Å²) in [5.74, 6) is 0.843. The zero-order chi connectivity index (χ0) is 10.8. The van der Waals surface area contributed by atoms with Gasteiger partial charge in [-0.2, -0.15) is 0 Å². The van der Waals surface area contributed by atoms with Gasteiger partial charge in [-0.25, -0.2) is 0 Å². The Labute approximate surface area is 92.2 Å². The SMILES string of the molecule is C=C(C)CSc1nnc2ccc(N)cn12. The maximum Gasteiger partial charge on any atom is 0.195 e.